The number of carbonyl (C=O) groups is 1. The maximum Gasteiger partial charge on any atom is 0.416 e. The van der Waals surface area contributed by atoms with Crippen molar-refractivity contribution >= 4 is 11.9 Å². The third-order valence-electron chi connectivity index (χ3n) is 3.68. The molecule has 2 aromatic rings. The molecule has 0 spiro atoms. The number of hydrogen-bond donors (Lipinski definition) is 3. The number of alkyl halides is 3. The zero-order valence-electron chi connectivity index (χ0n) is 14.8. The number of halogens is 3. The highest BCUT2D eigenvalue weighted by molar-refractivity contribution is 5.94. The van der Waals surface area contributed by atoms with Crippen LogP contribution in [0, 0.1) is 0 Å². The van der Waals surface area contributed by atoms with E-state index in [2.05, 4.69) is 20.9 Å². The van der Waals surface area contributed by atoms with E-state index in [4.69, 9.17) is 0 Å². The Hall–Kier alpha value is -3.03. The number of hydrogen-bond acceptors (Lipinski definition) is 2. The molecule has 0 aliphatic carbocycles. The van der Waals surface area contributed by atoms with Gasteiger partial charge in [0.05, 0.1) is 5.56 Å². The van der Waals surface area contributed by atoms with E-state index in [0.717, 1.165) is 12.1 Å². The lowest BCUT2D eigenvalue weighted by Crippen LogP contribution is -2.41. The molecule has 2 rings (SSSR count). The molecule has 0 saturated carbocycles. The van der Waals surface area contributed by atoms with Crippen LogP contribution in [0.5, 0.6) is 0 Å². The van der Waals surface area contributed by atoms with Crippen LogP contribution in [0.4, 0.5) is 13.2 Å². The summed E-state index contributed by atoms with van der Waals surface area (Å²) in [6.45, 7) is 0.985. The van der Waals surface area contributed by atoms with Gasteiger partial charge in [0, 0.05) is 32.2 Å². The molecule has 0 unspecified atom stereocenters. The van der Waals surface area contributed by atoms with E-state index < -0.39 is 11.7 Å². The summed E-state index contributed by atoms with van der Waals surface area (Å²) >= 11 is 0. The van der Waals surface area contributed by atoms with Gasteiger partial charge in [-0.15, -0.1) is 0 Å². The van der Waals surface area contributed by atoms with Crippen LogP contribution in [-0.4, -0.2) is 32.0 Å². The average Bonchev–Trinajstić information content (AvgIpc) is 2.67. The molecule has 0 aliphatic heterocycles. The number of aliphatic imine (C=N–C) groups is 1. The second-order valence-corrected chi connectivity index (χ2v) is 5.67. The van der Waals surface area contributed by atoms with Gasteiger partial charge in [0.1, 0.15) is 0 Å². The Morgan fingerprint density at radius 2 is 1.67 bits per heavy atom. The van der Waals surface area contributed by atoms with Gasteiger partial charge in [-0.2, -0.15) is 13.2 Å². The molecule has 0 aromatic heterocycles. The first-order chi connectivity index (χ1) is 12.9. The molecular formula is C19H21F3N4O. The van der Waals surface area contributed by atoms with Gasteiger partial charge >= 0.3 is 6.18 Å². The Kier molecular flexibility index (Phi) is 7.22. The molecule has 1 amide bonds. The van der Waals surface area contributed by atoms with Crippen LogP contribution in [0.3, 0.4) is 0 Å². The normalized spacial score (nSPS) is 11.8. The Labute approximate surface area is 155 Å². The fourth-order valence-electron chi connectivity index (χ4n) is 2.31. The largest absolute Gasteiger partial charge is 0.416 e. The smallest absolute Gasteiger partial charge is 0.355 e. The summed E-state index contributed by atoms with van der Waals surface area (Å²) in [6, 6.07) is 13.9. The van der Waals surface area contributed by atoms with Crippen LogP contribution in [0.25, 0.3) is 0 Å². The van der Waals surface area contributed by atoms with E-state index in [1.165, 1.54) is 6.07 Å². The summed E-state index contributed by atoms with van der Waals surface area (Å²) in [5, 5.41) is 8.70. The van der Waals surface area contributed by atoms with Crippen LogP contribution >= 0.6 is 0 Å². The minimum Gasteiger partial charge on any atom is -0.355 e. The molecule has 27 heavy (non-hydrogen) atoms. The van der Waals surface area contributed by atoms with E-state index in [-0.39, 0.29) is 12.5 Å². The van der Waals surface area contributed by atoms with Crippen molar-refractivity contribution in [2.75, 3.05) is 20.1 Å². The molecule has 0 saturated heterocycles. The average molecular weight is 378 g/mol. The fraction of sp³-hybridized carbons (Fsp3) is 0.263. The topological polar surface area (TPSA) is 65.5 Å². The minimum absolute atomic E-state index is 0.177. The number of nitrogens with one attached hydrogen (secondary N) is 3. The quantitative estimate of drug-likeness (QED) is 0.411. The van der Waals surface area contributed by atoms with Crippen LogP contribution in [0.1, 0.15) is 21.5 Å². The lowest BCUT2D eigenvalue weighted by Gasteiger charge is -2.13. The minimum atomic E-state index is -4.37. The molecular weight excluding hydrogens is 357 g/mol. The van der Waals surface area contributed by atoms with Crippen molar-refractivity contribution in [1.82, 2.24) is 16.0 Å². The molecule has 0 atom stereocenters. The van der Waals surface area contributed by atoms with Crippen molar-refractivity contribution < 1.29 is 18.0 Å². The fourth-order valence-corrected chi connectivity index (χ4v) is 2.31. The molecule has 5 nitrogen and oxygen atoms in total. The summed E-state index contributed by atoms with van der Waals surface area (Å²) in [5.41, 5.74) is 0.378. The maximum atomic E-state index is 12.7. The van der Waals surface area contributed by atoms with Crippen molar-refractivity contribution in [3.8, 4) is 0 Å². The van der Waals surface area contributed by atoms with Gasteiger partial charge in [0.15, 0.2) is 5.96 Å². The van der Waals surface area contributed by atoms with Gasteiger partial charge in [0.25, 0.3) is 5.91 Å². The van der Waals surface area contributed by atoms with Gasteiger partial charge in [-0.1, -0.05) is 30.3 Å². The molecule has 0 bridgehead atoms. The maximum absolute atomic E-state index is 12.7. The lowest BCUT2D eigenvalue weighted by atomic mass is 10.1. The summed E-state index contributed by atoms with van der Waals surface area (Å²) in [5.74, 6) is 0.255. The van der Waals surface area contributed by atoms with Crippen molar-refractivity contribution in [2.45, 2.75) is 12.7 Å². The molecule has 0 heterocycles. The SMILES string of the molecule is CN=C(NCCNC(=O)c1ccccc1)NCc1cccc(C(F)(F)F)c1. The molecule has 2 aromatic carbocycles. The molecule has 0 fully saturated rings. The predicted molar refractivity (Wildman–Crippen MR) is 98.4 cm³/mol. The highest BCUT2D eigenvalue weighted by atomic mass is 19.4. The Balaban J connectivity index is 1.76. The standard InChI is InChI=1S/C19H21F3N4O/c1-23-18(25-11-10-24-17(27)15-7-3-2-4-8-15)26-13-14-6-5-9-16(12-14)19(20,21)22/h2-9,12H,10-11,13H2,1H3,(H,24,27)(H2,23,25,26). The van der Waals surface area contributed by atoms with Crippen molar-refractivity contribution in [3.63, 3.8) is 0 Å². The molecule has 3 N–H and O–H groups in total. The Morgan fingerprint density at radius 1 is 0.963 bits per heavy atom. The zero-order valence-corrected chi connectivity index (χ0v) is 14.8. The Morgan fingerprint density at radius 3 is 2.33 bits per heavy atom. The van der Waals surface area contributed by atoms with E-state index in [9.17, 15) is 18.0 Å². The number of nitrogens with zero attached hydrogens (tertiary/aromatic N) is 1. The second-order valence-electron chi connectivity index (χ2n) is 5.67. The second kappa shape index (κ2) is 9.61. The molecule has 0 radical (unpaired) electrons. The monoisotopic (exact) mass is 378 g/mol. The van der Waals surface area contributed by atoms with Crippen LogP contribution in [0.15, 0.2) is 59.6 Å². The first-order valence-electron chi connectivity index (χ1n) is 8.34. The van der Waals surface area contributed by atoms with Crippen molar-refractivity contribution in [3.05, 3.63) is 71.3 Å². The first-order valence-corrected chi connectivity index (χ1v) is 8.34. The van der Waals surface area contributed by atoms with Gasteiger partial charge in [-0.25, -0.2) is 0 Å². The summed E-state index contributed by atoms with van der Waals surface area (Å²) < 4.78 is 38.2. The van der Waals surface area contributed by atoms with Crippen LogP contribution < -0.4 is 16.0 Å². The summed E-state index contributed by atoms with van der Waals surface area (Å²) in [4.78, 5) is 15.9. The Bertz CT molecular complexity index is 776. The number of rotatable bonds is 6. The molecule has 144 valence electrons. The van der Waals surface area contributed by atoms with Crippen molar-refractivity contribution in [2.24, 2.45) is 4.99 Å². The highest BCUT2D eigenvalue weighted by Gasteiger charge is 2.30. The van der Waals surface area contributed by atoms with Crippen LogP contribution in [-0.2, 0) is 12.7 Å². The number of guanidine groups is 1. The van der Waals surface area contributed by atoms with Gasteiger partial charge in [0.2, 0.25) is 0 Å². The van der Waals surface area contributed by atoms with Crippen molar-refractivity contribution in [1.29, 1.82) is 0 Å². The van der Waals surface area contributed by atoms with Gasteiger partial charge < -0.3 is 16.0 Å². The van der Waals surface area contributed by atoms with E-state index >= 15 is 0 Å². The van der Waals surface area contributed by atoms with Gasteiger partial charge in [-0.3, -0.25) is 9.79 Å². The van der Waals surface area contributed by atoms with Gasteiger partial charge in [-0.05, 0) is 29.8 Å². The number of benzene rings is 2. The molecule has 0 aliphatic rings. The number of amides is 1. The molecule has 8 heteroatoms. The third kappa shape index (κ3) is 6.65. The summed E-state index contributed by atoms with van der Waals surface area (Å²) in [6.07, 6.45) is -4.37. The van der Waals surface area contributed by atoms with Crippen LogP contribution in [0.2, 0.25) is 0 Å². The highest BCUT2D eigenvalue weighted by Crippen LogP contribution is 2.29. The third-order valence-corrected chi connectivity index (χ3v) is 3.68. The predicted octanol–water partition coefficient (Wildman–Crippen LogP) is 2.80. The first kappa shape index (κ1) is 20.3. The number of carbonyl (C=O) groups excluding carboxylic acids is 1. The van der Waals surface area contributed by atoms with E-state index in [1.54, 1.807) is 37.4 Å². The lowest BCUT2D eigenvalue weighted by molar-refractivity contribution is -0.137. The van der Waals surface area contributed by atoms with E-state index in [1.807, 2.05) is 6.07 Å². The summed E-state index contributed by atoms with van der Waals surface area (Å²) in [7, 11) is 1.56. The van der Waals surface area contributed by atoms with E-state index in [0.29, 0.717) is 30.2 Å². The zero-order chi connectivity index (χ0) is 19.7.